The van der Waals surface area contributed by atoms with Gasteiger partial charge in [0.15, 0.2) is 0 Å². The molecule has 2 N–H and O–H groups in total. The molecule has 2 rings (SSSR count). The van der Waals surface area contributed by atoms with Gasteiger partial charge in [-0.3, -0.25) is 9.59 Å². The monoisotopic (exact) mass is 360 g/mol. The van der Waals surface area contributed by atoms with Crippen LogP contribution in [-0.4, -0.2) is 32.2 Å². The summed E-state index contributed by atoms with van der Waals surface area (Å²) in [6.45, 7) is 1.80. The van der Waals surface area contributed by atoms with Crippen molar-refractivity contribution in [1.29, 1.82) is 0 Å². The van der Waals surface area contributed by atoms with Crippen molar-refractivity contribution in [3.05, 3.63) is 59.7 Å². The molecule has 0 heterocycles. The molecule has 2 aromatic rings. The molecule has 0 aromatic heterocycles. The van der Waals surface area contributed by atoms with E-state index in [0.717, 1.165) is 11.8 Å². The Morgan fingerprint density at radius 3 is 2.32 bits per heavy atom. The average molecular weight is 360 g/mol. The van der Waals surface area contributed by atoms with Crippen molar-refractivity contribution in [2.45, 2.75) is 13.3 Å². The summed E-state index contributed by atoms with van der Waals surface area (Å²) in [6.07, 6.45) is 0.957. The van der Waals surface area contributed by atoms with E-state index in [2.05, 4.69) is 10.6 Å². The highest BCUT2D eigenvalue weighted by molar-refractivity contribution is 7.90. The summed E-state index contributed by atoms with van der Waals surface area (Å²) in [6, 6.07) is 14.0. The molecular formula is C18H20N2O4S. The second-order valence-corrected chi connectivity index (χ2v) is 8.04. The Morgan fingerprint density at radius 2 is 1.68 bits per heavy atom. The van der Waals surface area contributed by atoms with E-state index in [1.54, 1.807) is 37.3 Å². The van der Waals surface area contributed by atoms with Crippen LogP contribution in [0.15, 0.2) is 48.5 Å². The molecule has 7 heteroatoms. The molecule has 0 unspecified atom stereocenters. The van der Waals surface area contributed by atoms with Crippen LogP contribution < -0.4 is 10.6 Å². The molecule has 0 saturated heterocycles. The lowest BCUT2D eigenvalue weighted by atomic mass is 10.1. The lowest BCUT2D eigenvalue weighted by Gasteiger charge is -2.11. The van der Waals surface area contributed by atoms with Crippen LogP contribution in [-0.2, 0) is 14.6 Å². The van der Waals surface area contributed by atoms with Crippen molar-refractivity contribution < 1.29 is 18.0 Å². The van der Waals surface area contributed by atoms with Crippen LogP contribution in [0.4, 0.5) is 11.4 Å². The van der Waals surface area contributed by atoms with Gasteiger partial charge in [-0.1, -0.05) is 24.3 Å². The van der Waals surface area contributed by atoms with Crippen LogP contribution in [0.5, 0.6) is 0 Å². The molecule has 0 aliphatic heterocycles. The van der Waals surface area contributed by atoms with Gasteiger partial charge in [0.25, 0.3) is 5.91 Å². The number of hydrogen-bond donors (Lipinski definition) is 2. The highest BCUT2D eigenvalue weighted by Gasteiger charge is 2.12. The largest absolute Gasteiger partial charge is 0.326 e. The molecule has 0 aliphatic rings. The van der Waals surface area contributed by atoms with Crippen molar-refractivity contribution in [3.8, 4) is 0 Å². The second kappa shape index (κ2) is 7.94. The Morgan fingerprint density at radius 1 is 1.00 bits per heavy atom. The zero-order chi connectivity index (χ0) is 18.4. The first-order valence-corrected chi connectivity index (χ1v) is 9.75. The maximum Gasteiger partial charge on any atom is 0.255 e. The quantitative estimate of drug-likeness (QED) is 0.828. The number of rotatable bonds is 6. The summed E-state index contributed by atoms with van der Waals surface area (Å²) >= 11 is 0. The van der Waals surface area contributed by atoms with E-state index in [4.69, 9.17) is 0 Å². The number of hydrogen-bond acceptors (Lipinski definition) is 4. The number of aryl methyl sites for hydroxylation is 1. The summed E-state index contributed by atoms with van der Waals surface area (Å²) in [5.41, 5.74) is 2.34. The van der Waals surface area contributed by atoms with E-state index in [9.17, 15) is 18.0 Å². The number of nitrogens with one attached hydrogen (secondary N) is 2. The number of benzene rings is 2. The lowest BCUT2D eigenvalue weighted by Crippen LogP contribution is -2.18. The number of carbonyl (C=O) groups excluding carboxylic acids is 2. The van der Waals surface area contributed by atoms with Crippen molar-refractivity contribution in [3.63, 3.8) is 0 Å². The molecular weight excluding hydrogens is 340 g/mol. The van der Waals surface area contributed by atoms with Crippen LogP contribution in [0.25, 0.3) is 0 Å². The standard InChI is InChI=1S/C18H20N2O4S/c1-13-8-9-14(18(22)19-15-6-4-3-5-7-15)12-16(13)20-17(21)10-11-25(2,23)24/h3-9,12H,10-11H2,1-2H3,(H,19,22)(H,20,21). The SMILES string of the molecule is Cc1ccc(C(=O)Nc2ccccc2)cc1NC(=O)CCS(C)(=O)=O. The van der Waals surface area contributed by atoms with Gasteiger partial charge in [0, 0.05) is 29.6 Å². The predicted molar refractivity (Wildman–Crippen MR) is 98.5 cm³/mol. The molecule has 0 spiro atoms. The summed E-state index contributed by atoms with van der Waals surface area (Å²) in [7, 11) is -3.20. The maximum absolute atomic E-state index is 12.3. The van der Waals surface area contributed by atoms with Crippen LogP contribution in [0.3, 0.4) is 0 Å². The summed E-state index contributed by atoms with van der Waals surface area (Å²) in [5, 5.41) is 5.43. The first kappa shape index (κ1) is 18.7. The third-order valence-electron chi connectivity index (χ3n) is 3.51. The van der Waals surface area contributed by atoms with Crippen molar-refractivity contribution >= 4 is 33.0 Å². The highest BCUT2D eigenvalue weighted by atomic mass is 32.2. The first-order chi connectivity index (χ1) is 11.7. The van der Waals surface area contributed by atoms with E-state index in [-0.39, 0.29) is 18.1 Å². The highest BCUT2D eigenvalue weighted by Crippen LogP contribution is 2.18. The van der Waals surface area contributed by atoms with Crippen molar-refractivity contribution in [2.24, 2.45) is 0 Å². The van der Waals surface area contributed by atoms with Gasteiger partial charge in [-0.2, -0.15) is 0 Å². The summed E-state index contributed by atoms with van der Waals surface area (Å²) in [5.74, 6) is -0.918. The van der Waals surface area contributed by atoms with Crippen LogP contribution >= 0.6 is 0 Å². The minimum Gasteiger partial charge on any atom is -0.326 e. The summed E-state index contributed by atoms with van der Waals surface area (Å²) in [4.78, 5) is 24.2. The topological polar surface area (TPSA) is 92.3 Å². The fourth-order valence-electron chi connectivity index (χ4n) is 2.11. The van der Waals surface area contributed by atoms with Crippen LogP contribution in [0.2, 0.25) is 0 Å². The zero-order valence-corrected chi connectivity index (χ0v) is 14.9. The first-order valence-electron chi connectivity index (χ1n) is 7.69. The van der Waals surface area contributed by atoms with Gasteiger partial charge in [-0.05, 0) is 36.8 Å². The van der Waals surface area contributed by atoms with E-state index in [1.165, 1.54) is 0 Å². The number of amides is 2. The third-order valence-corrected chi connectivity index (χ3v) is 4.45. The molecule has 0 radical (unpaired) electrons. The van der Waals surface area contributed by atoms with Gasteiger partial charge in [-0.15, -0.1) is 0 Å². The Balaban J connectivity index is 2.09. The number of para-hydroxylation sites is 1. The van der Waals surface area contributed by atoms with Gasteiger partial charge < -0.3 is 10.6 Å². The Hall–Kier alpha value is -2.67. The van der Waals surface area contributed by atoms with Gasteiger partial charge in [-0.25, -0.2) is 8.42 Å². The summed E-state index contributed by atoms with van der Waals surface area (Å²) < 4.78 is 22.3. The Bertz CT molecular complexity index is 877. The fourth-order valence-corrected chi connectivity index (χ4v) is 2.67. The molecule has 0 atom stereocenters. The molecule has 0 bridgehead atoms. The van der Waals surface area contributed by atoms with Crippen LogP contribution in [0, 0.1) is 6.92 Å². The van der Waals surface area contributed by atoms with Gasteiger partial charge in [0.2, 0.25) is 5.91 Å². The van der Waals surface area contributed by atoms with Crippen molar-refractivity contribution in [2.75, 3.05) is 22.6 Å². The normalized spacial score (nSPS) is 11.0. The lowest BCUT2D eigenvalue weighted by molar-refractivity contribution is -0.115. The average Bonchev–Trinajstić information content (AvgIpc) is 2.55. The zero-order valence-electron chi connectivity index (χ0n) is 14.1. The van der Waals surface area contributed by atoms with Crippen LogP contribution in [0.1, 0.15) is 22.3 Å². The second-order valence-electron chi connectivity index (χ2n) is 5.78. The fraction of sp³-hybridized carbons (Fsp3) is 0.222. The molecule has 6 nitrogen and oxygen atoms in total. The minimum absolute atomic E-state index is 0.126. The molecule has 2 amide bonds. The molecule has 0 saturated carbocycles. The molecule has 132 valence electrons. The van der Waals surface area contributed by atoms with Gasteiger partial charge in [0.1, 0.15) is 9.84 Å². The number of carbonyl (C=O) groups is 2. The Kier molecular flexibility index (Phi) is 5.93. The number of sulfone groups is 1. The molecule has 2 aromatic carbocycles. The molecule has 0 aliphatic carbocycles. The van der Waals surface area contributed by atoms with Gasteiger partial charge >= 0.3 is 0 Å². The van der Waals surface area contributed by atoms with Crippen molar-refractivity contribution in [1.82, 2.24) is 0 Å². The smallest absolute Gasteiger partial charge is 0.255 e. The number of anilines is 2. The van der Waals surface area contributed by atoms with E-state index >= 15 is 0 Å². The third kappa shape index (κ3) is 6.04. The minimum atomic E-state index is -3.20. The molecule has 0 fully saturated rings. The van der Waals surface area contributed by atoms with E-state index < -0.39 is 15.7 Å². The Labute approximate surface area is 147 Å². The maximum atomic E-state index is 12.3. The van der Waals surface area contributed by atoms with E-state index in [0.29, 0.717) is 16.9 Å². The predicted octanol–water partition coefficient (Wildman–Crippen LogP) is 2.62. The van der Waals surface area contributed by atoms with Gasteiger partial charge in [0.05, 0.1) is 5.75 Å². The van der Waals surface area contributed by atoms with E-state index in [1.807, 2.05) is 18.2 Å². The molecule has 25 heavy (non-hydrogen) atoms.